The molecular weight excluding hydrogens is 354 g/mol. The second-order valence-corrected chi connectivity index (χ2v) is 6.51. The Morgan fingerprint density at radius 1 is 1.41 bits per heavy atom. The predicted octanol–water partition coefficient (Wildman–Crippen LogP) is 0.319. The number of benzene rings is 1. The summed E-state index contributed by atoms with van der Waals surface area (Å²) in [7, 11) is 0. The Kier molecular flexibility index (Phi) is 5.41. The number of nitrogens with zero attached hydrogens (tertiary/aromatic N) is 1. The van der Waals surface area contributed by atoms with Gasteiger partial charge in [0.15, 0.2) is 0 Å². The molecule has 1 aromatic carbocycles. The van der Waals surface area contributed by atoms with Gasteiger partial charge in [-0.2, -0.15) is 0 Å². The molecule has 144 valence electrons. The zero-order valence-corrected chi connectivity index (χ0v) is 14.9. The highest BCUT2D eigenvalue weighted by atomic mass is 16.5. The van der Waals surface area contributed by atoms with Crippen molar-refractivity contribution >= 4 is 22.8 Å². The molecule has 2 atom stereocenters. The molecule has 1 saturated heterocycles. The molecule has 9 nitrogen and oxygen atoms in total. The number of hydrogen-bond acceptors (Lipinski definition) is 5. The monoisotopic (exact) mass is 375 g/mol. The van der Waals surface area contributed by atoms with E-state index in [0.29, 0.717) is 13.0 Å². The van der Waals surface area contributed by atoms with Crippen molar-refractivity contribution in [3.8, 4) is 0 Å². The smallest absolute Gasteiger partial charge is 0.328 e. The van der Waals surface area contributed by atoms with E-state index in [1.54, 1.807) is 6.92 Å². The molecular formula is C18H21N3O6. The van der Waals surface area contributed by atoms with Gasteiger partial charge in [0, 0.05) is 24.6 Å². The molecule has 2 aromatic rings. The zero-order chi connectivity index (χ0) is 19.6. The summed E-state index contributed by atoms with van der Waals surface area (Å²) in [5, 5.41) is 12.3. The molecule has 0 aliphatic carbocycles. The molecule has 1 aromatic heterocycles. The van der Waals surface area contributed by atoms with E-state index in [0.717, 1.165) is 11.0 Å². The summed E-state index contributed by atoms with van der Waals surface area (Å²) in [6.07, 6.45) is 1.39. The Hall–Kier alpha value is -2.94. The van der Waals surface area contributed by atoms with Crippen LogP contribution in [0.2, 0.25) is 0 Å². The van der Waals surface area contributed by atoms with E-state index in [4.69, 9.17) is 4.74 Å². The average molecular weight is 375 g/mol. The van der Waals surface area contributed by atoms with Gasteiger partial charge in [-0.15, -0.1) is 0 Å². The number of nitrogens with one attached hydrogen (secondary N) is 2. The summed E-state index contributed by atoms with van der Waals surface area (Å²) in [6.45, 7) is 2.78. The number of carboxylic acid groups (broad SMARTS) is 1. The van der Waals surface area contributed by atoms with Crippen LogP contribution in [0.1, 0.15) is 30.1 Å². The number of carboxylic acids is 1. The van der Waals surface area contributed by atoms with Crippen molar-refractivity contribution in [1.82, 2.24) is 14.9 Å². The van der Waals surface area contributed by atoms with Crippen molar-refractivity contribution in [1.29, 1.82) is 0 Å². The van der Waals surface area contributed by atoms with E-state index < -0.39 is 29.2 Å². The van der Waals surface area contributed by atoms with Gasteiger partial charge in [-0.3, -0.25) is 14.2 Å². The number of fused-ring (bicyclic) bond motifs is 1. The quantitative estimate of drug-likeness (QED) is 0.690. The van der Waals surface area contributed by atoms with E-state index in [1.165, 1.54) is 18.2 Å². The summed E-state index contributed by atoms with van der Waals surface area (Å²) in [6, 6.07) is 3.20. The minimum Gasteiger partial charge on any atom is -0.480 e. The summed E-state index contributed by atoms with van der Waals surface area (Å²) in [5.41, 5.74) is -0.605. The number of aliphatic carboxylic acids is 1. The molecule has 0 unspecified atom stereocenters. The maximum atomic E-state index is 12.5. The standard InChI is InChI=1S/C18H21N3O6/c1-2-21-16(23)12-6-5-10(8-13(12)19-18(21)26)15(22)20-14(17(24)25)11-4-3-7-27-9-11/h5-6,8,11,14H,2-4,7,9H2,1H3,(H,19,26)(H,20,22)(H,24,25)/t11-,14-/m0/s1. The first kappa shape index (κ1) is 18.8. The van der Waals surface area contributed by atoms with Crippen LogP contribution in [0.15, 0.2) is 27.8 Å². The number of aromatic nitrogens is 2. The third-order valence-corrected chi connectivity index (χ3v) is 4.78. The normalized spacial score (nSPS) is 18.2. The topological polar surface area (TPSA) is 130 Å². The minimum absolute atomic E-state index is 0.162. The Morgan fingerprint density at radius 3 is 2.81 bits per heavy atom. The number of H-pyrrole nitrogens is 1. The average Bonchev–Trinajstić information content (AvgIpc) is 2.66. The molecule has 3 rings (SSSR count). The maximum Gasteiger partial charge on any atom is 0.328 e. The molecule has 9 heteroatoms. The third kappa shape index (κ3) is 3.77. The Morgan fingerprint density at radius 2 is 2.19 bits per heavy atom. The SMILES string of the molecule is CCn1c(=O)[nH]c2cc(C(=O)N[C@H](C(=O)O)[C@H]3CCCOC3)ccc2c1=O. The van der Waals surface area contributed by atoms with Crippen LogP contribution < -0.4 is 16.6 Å². The van der Waals surface area contributed by atoms with Crippen molar-refractivity contribution < 1.29 is 19.4 Å². The Bertz CT molecular complexity index is 987. The second-order valence-electron chi connectivity index (χ2n) is 6.51. The summed E-state index contributed by atoms with van der Waals surface area (Å²) in [5.74, 6) is -2.02. The summed E-state index contributed by atoms with van der Waals surface area (Å²) in [4.78, 5) is 50.9. The highest BCUT2D eigenvalue weighted by Crippen LogP contribution is 2.18. The number of amides is 1. The number of carbonyl (C=O) groups excluding carboxylic acids is 1. The molecule has 1 aliphatic rings. The lowest BCUT2D eigenvalue weighted by molar-refractivity contribution is -0.142. The first-order valence-electron chi connectivity index (χ1n) is 8.80. The molecule has 0 saturated carbocycles. The molecule has 1 amide bonds. The number of carbonyl (C=O) groups is 2. The minimum atomic E-state index is -1.13. The van der Waals surface area contributed by atoms with Crippen molar-refractivity contribution in [2.24, 2.45) is 5.92 Å². The lowest BCUT2D eigenvalue weighted by Gasteiger charge is -2.28. The van der Waals surface area contributed by atoms with E-state index in [9.17, 15) is 24.3 Å². The van der Waals surface area contributed by atoms with Crippen LogP contribution in [0.3, 0.4) is 0 Å². The molecule has 2 heterocycles. The van der Waals surface area contributed by atoms with E-state index in [2.05, 4.69) is 10.3 Å². The molecule has 0 bridgehead atoms. The third-order valence-electron chi connectivity index (χ3n) is 4.78. The highest BCUT2D eigenvalue weighted by Gasteiger charge is 2.31. The summed E-state index contributed by atoms with van der Waals surface area (Å²) >= 11 is 0. The molecule has 27 heavy (non-hydrogen) atoms. The predicted molar refractivity (Wildman–Crippen MR) is 96.9 cm³/mol. The van der Waals surface area contributed by atoms with Gasteiger partial charge in [-0.05, 0) is 38.0 Å². The fraction of sp³-hybridized carbons (Fsp3) is 0.444. The van der Waals surface area contributed by atoms with Gasteiger partial charge < -0.3 is 20.1 Å². The lowest BCUT2D eigenvalue weighted by atomic mass is 9.93. The lowest BCUT2D eigenvalue weighted by Crippen LogP contribution is -2.48. The number of hydrogen-bond donors (Lipinski definition) is 3. The fourth-order valence-electron chi connectivity index (χ4n) is 3.32. The highest BCUT2D eigenvalue weighted by molar-refractivity contribution is 5.99. The molecule has 0 spiro atoms. The molecule has 1 fully saturated rings. The maximum absolute atomic E-state index is 12.5. The van der Waals surface area contributed by atoms with Gasteiger partial charge in [0.25, 0.3) is 11.5 Å². The van der Waals surface area contributed by atoms with E-state index in [1.807, 2.05) is 0 Å². The molecule has 0 radical (unpaired) electrons. The molecule has 3 N–H and O–H groups in total. The van der Waals surface area contributed by atoms with Gasteiger partial charge in [0.05, 0.1) is 17.5 Å². The fourth-order valence-corrected chi connectivity index (χ4v) is 3.32. The van der Waals surface area contributed by atoms with Gasteiger partial charge in [-0.1, -0.05) is 0 Å². The van der Waals surface area contributed by atoms with Gasteiger partial charge in [0.2, 0.25) is 0 Å². The number of rotatable bonds is 5. The van der Waals surface area contributed by atoms with Crippen LogP contribution in [0, 0.1) is 5.92 Å². The van der Waals surface area contributed by atoms with Crippen LogP contribution in [0.25, 0.3) is 10.9 Å². The Labute approximate surface area is 154 Å². The Balaban J connectivity index is 1.89. The largest absolute Gasteiger partial charge is 0.480 e. The van der Waals surface area contributed by atoms with Crippen molar-refractivity contribution in [3.63, 3.8) is 0 Å². The van der Waals surface area contributed by atoms with Crippen LogP contribution in [-0.4, -0.2) is 45.8 Å². The van der Waals surface area contributed by atoms with Crippen molar-refractivity contribution in [3.05, 3.63) is 44.6 Å². The van der Waals surface area contributed by atoms with E-state index >= 15 is 0 Å². The molecule has 1 aliphatic heterocycles. The van der Waals surface area contributed by atoms with E-state index in [-0.39, 0.29) is 35.5 Å². The first-order chi connectivity index (χ1) is 12.9. The van der Waals surface area contributed by atoms with Crippen LogP contribution in [0.5, 0.6) is 0 Å². The van der Waals surface area contributed by atoms with Gasteiger partial charge in [-0.25, -0.2) is 9.59 Å². The van der Waals surface area contributed by atoms with Crippen LogP contribution in [-0.2, 0) is 16.1 Å². The zero-order valence-electron chi connectivity index (χ0n) is 14.9. The van der Waals surface area contributed by atoms with Crippen LogP contribution >= 0.6 is 0 Å². The van der Waals surface area contributed by atoms with Gasteiger partial charge >= 0.3 is 11.7 Å². The van der Waals surface area contributed by atoms with Crippen LogP contribution in [0.4, 0.5) is 0 Å². The summed E-state index contributed by atoms with van der Waals surface area (Å²) < 4.78 is 6.38. The van der Waals surface area contributed by atoms with Crippen molar-refractivity contribution in [2.75, 3.05) is 13.2 Å². The van der Waals surface area contributed by atoms with Crippen molar-refractivity contribution in [2.45, 2.75) is 32.4 Å². The number of aromatic amines is 1. The first-order valence-corrected chi connectivity index (χ1v) is 8.80. The van der Waals surface area contributed by atoms with Gasteiger partial charge in [0.1, 0.15) is 6.04 Å². The second kappa shape index (κ2) is 7.75. The number of ether oxygens (including phenoxy) is 1.